The van der Waals surface area contributed by atoms with E-state index in [1.165, 1.54) is 0 Å². The first-order chi connectivity index (χ1) is 8.68. The van der Waals surface area contributed by atoms with Gasteiger partial charge in [-0.2, -0.15) is 13.9 Å². The van der Waals surface area contributed by atoms with Crippen LogP contribution >= 0.6 is 0 Å². The Kier molecular flexibility index (Phi) is 5.61. The van der Waals surface area contributed by atoms with E-state index in [1.807, 2.05) is 5.48 Å². The lowest BCUT2D eigenvalue weighted by molar-refractivity contribution is 0.0297. The Morgan fingerprint density at radius 3 is 2.32 bits per heavy atom. The SMILES string of the molecule is CC(C)(C)OC(=O)NOS(=O)(=O)CC1CCCCC1. The lowest BCUT2D eigenvalue weighted by Gasteiger charge is -2.21. The van der Waals surface area contributed by atoms with Crippen LogP contribution in [-0.4, -0.2) is 25.9 Å². The van der Waals surface area contributed by atoms with E-state index >= 15 is 0 Å². The highest BCUT2D eigenvalue weighted by atomic mass is 32.2. The molecule has 0 radical (unpaired) electrons. The number of hydroxylamine groups is 1. The van der Waals surface area contributed by atoms with Crippen molar-refractivity contribution in [2.75, 3.05) is 5.75 Å². The van der Waals surface area contributed by atoms with Crippen LogP contribution in [0.3, 0.4) is 0 Å². The van der Waals surface area contributed by atoms with Crippen LogP contribution in [0.4, 0.5) is 4.79 Å². The third-order valence-corrected chi connectivity index (χ3v) is 4.03. The van der Waals surface area contributed by atoms with Gasteiger partial charge in [0.25, 0.3) is 10.1 Å². The van der Waals surface area contributed by atoms with Gasteiger partial charge in [-0.25, -0.2) is 4.79 Å². The summed E-state index contributed by atoms with van der Waals surface area (Å²) in [6.07, 6.45) is 4.16. The van der Waals surface area contributed by atoms with E-state index in [-0.39, 0.29) is 11.7 Å². The van der Waals surface area contributed by atoms with Crippen molar-refractivity contribution in [1.82, 2.24) is 5.48 Å². The maximum Gasteiger partial charge on any atom is 0.432 e. The van der Waals surface area contributed by atoms with E-state index in [1.54, 1.807) is 20.8 Å². The van der Waals surface area contributed by atoms with E-state index in [2.05, 4.69) is 4.28 Å². The van der Waals surface area contributed by atoms with E-state index in [0.29, 0.717) is 0 Å². The van der Waals surface area contributed by atoms with Gasteiger partial charge < -0.3 is 4.74 Å². The molecule has 0 aliphatic heterocycles. The molecule has 0 aromatic carbocycles. The van der Waals surface area contributed by atoms with E-state index in [9.17, 15) is 13.2 Å². The van der Waals surface area contributed by atoms with Gasteiger partial charge in [-0.05, 0) is 39.5 Å². The average molecular weight is 293 g/mol. The summed E-state index contributed by atoms with van der Waals surface area (Å²) in [7, 11) is -3.74. The van der Waals surface area contributed by atoms with Crippen molar-refractivity contribution in [1.29, 1.82) is 0 Å². The number of rotatable bonds is 4. The summed E-state index contributed by atoms with van der Waals surface area (Å²) in [6, 6.07) is 0. The van der Waals surface area contributed by atoms with Crippen molar-refractivity contribution in [3.8, 4) is 0 Å². The molecule has 0 spiro atoms. The highest BCUT2D eigenvalue weighted by Gasteiger charge is 2.24. The molecular formula is C12H23NO5S. The van der Waals surface area contributed by atoms with Gasteiger partial charge >= 0.3 is 6.09 Å². The molecule has 19 heavy (non-hydrogen) atoms. The van der Waals surface area contributed by atoms with Crippen molar-refractivity contribution in [2.45, 2.75) is 58.5 Å². The second-order valence-electron chi connectivity index (χ2n) is 5.92. The largest absolute Gasteiger partial charge is 0.442 e. The maximum absolute atomic E-state index is 11.7. The third kappa shape index (κ3) is 7.37. The molecule has 0 aromatic heterocycles. The van der Waals surface area contributed by atoms with Crippen LogP contribution < -0.4 is 5.48 Å². The Morgan fingerprint density at radius 1 is 1.21 bits per heavy atom. The molecule has 0 saturated heterocycles. The molecule has 0 atom stereocenters. The summed E-state index contributed by atoms with van der Waals surface area (Å²) in [5.74, 6) is 0.0715. The van der Waals surface area contributed by atoms with E-state index in [4.69, 9.17) is 4.74 Å². The first-order valence-electron chi connectivity index (χ1n) is 6.58. The lowest BCUT2D eigenvalue weighted by Crippen LogP contribution is -2.35. The molecule has 112 valence electrons. The van der Waals surface area contributed by atoms with Gasteiger partial charge in [-0.3, -0.25) is 0 Å². The Hall–Kier alpha value is -0.820. The maximum atomic E-state index is 11.7. The standard InChI is InChI=1S/C12H23NO5S/c1-12(2,3)17-11(14)13-18-19(15,16)9-10-7-5-4-6-8-10/h10H,4-9H2,1-3H3,(H,13,14). The van der Waals surface area contributed by atoms with Crippen LogP contribution in [0.15, 0.2) is 0 Å². The van der Waals surface area contributed by atoms with Crippen LogP contribution in [0, 0.1) is 5.92 Å². The zero-order valence-corrected chi connectivity index (χ0v) is 12.6. The number of nitrogens with one attached hydrogen (secondary N) is 1. The summed E-state index contributed by atoms with van der Waals surface area (Å²) < 4.78 is 32.7. The summed E-state index contributed by atoms with van der Waals surface area (Å²) in [5, 5.41) is 0. The van der Waals surface area contributed by atoms with E-state index in [0.717, 1.165) is 32.1 Å². The number of amides is 1. The molecule has 0 aromatic rings. The number of carbonyl (C=O) groups is 1. The van der Waals surface area contributed by atoms with Gasteiger partial charge in [0.2, 0.25) is 0 Å². The van der Waals surface area contributed by atoms with Crippen molar-refractivity contribution in [3.05, 3.63) is 0 Å². The second kappa shape index (κ2) is 6.56. The second-order valence-corrected chi connectivity index (χ2v) is 7.53. The van der Waals surface area contributed by atoms with Gasteiger partial charge in [-0.1, -0.05) is 19.3 Å². The Bertz CT molecular complexity index is 393. The molecule has 7 heteroatoms. The molecule has 1 rings (SSSR count). The minimum atomic E-state index is -3.74. The highest BCUT2D eigenvalue weighted by Crippen LogP contribution is 2.25. The molecule has 6 nitrogen and oxygen atoms in total. The topological polar surface area (TPSA) is 81.7 Å². The lowest BCUT2D eigenvalue weighted by atomic mass is 9.91. The molecule has 1 N–H and O–H groups in total. The first kappa shape index (κ1) is 16.2. The number of carbonyl (C=O) groups excluding carboxylic acids is 1. The Morgan fingerprint density at radius 2 is 1.79 bits per heavy atom. The number of hydrogen-bond donors (Lipinski definition) is 1. The smallest absolute Gasteiger partial charge is 0.432 e. The summed E-state index contributed by atoms with van der Waals surface area (Å²) in [4.78, 5) is 11.3. The van der Waals surface area contributed by atoms with E-state index < -0.39 is 21.8 Å². The number of hydrogen-bond acceptors (Lipinski definition) is 5. The van der Waals surface area contributed by atoms with Crippen LogP contribution in [0.25, 0.3) is 0 Å². The molecule has 1 amide bonds. The quantitative estimate of drug-likeness (QED) is 0.805. The van der Waals surface area contributed by atoms with Crippen molar-refractivity contribution in [3.63, 3.8) is 0 Å². The van der Waals surface area contributed by atoms with Gasteiger partial charge in [0, 0.05) is 0 Å². The fourth-order valence-corrected chi connectivity index (χ4v) is 3.25. The normalized spacial score (nSPS) is 18.1. The predicted molar refractivity (Wildman–Crippen MR) is 70.8 cm³/mol. The summed E-state index contributed by atoms with van der Waals surface area (Å²) in [5.41, 5.74) is 1.13. The monoisotopic (exact) mass is 293 g/mol. The minimum Gasteiger partial charge on any atom is -0.442 e. The van der Waals surface area contributed by atoms with Gasteiger partial charge in [0.15, 0.2) is 0 Å². The van der Waals surface area contributed by atoms with Gasteiger partial charge in [0.05, 0.1) is 5.75 Å². The minimum absolute atomic E-state index is 0.0528. The first-order valence-corrected chi connectivity index (χ1v) is 8.16. The van der Waals surface area contributed by atoms with Crippen molar-refractivity contribution in [2.24, 2.45) is 5.92 Å². The molecule has 0 heterocycles. The van der Waals surface area contributed by atoms with Gasteiger partial charge in [0.1, 0.15) is 5.60 Å². The fourth-order valence-electron chi connectivity index (χ4n) is 2.07. The molecule has 1 saturated carbocycles. The molecule has 1 aliphatic rings. The molecule has 1 fully saturated rings. The van der Waals surface area contributed by atoms with Crippen LogP contribution in [0.2, 0.25) is 0 Å². The summed E-state index contributed by atoms with van der Waals surface area (Å²) in [6.45, 7) is 5.05. The summed E-state index contributed by atoms with van der Waals surface area (Å²) >= 11 is 0. The Labute approximate surface area is 114 Å². The highest BCUT2D eigenvalue weighted by molar-refractivity contribution is 7.86. The molecule has 0 unspecified atom stereocenters. The van der Waals surface area contributed by atoms with Crippen molar-refractivity contribution < 1.29 is 22.2 Å². The van der Waals surface area contributed by atoms with Crippen LogP contribution in [0.1, 0.15) is 52.9 Å². The molecule has 0 bridgehead atoms. The zero-order valence-electron chi connectivity index (χ0n) is 11.8. The average Bonchev–Trinajstić information content (AvgIpc) is 2.25. The fraction of sp³-hybridized carbons (Fsp3) is 0.917. The third-order valence-electron chi connectivity index (χ3n) is 2.82. The number of ether oxygens (including phenoxy) is 1. The van der Waals surface area contributed by atoms with Crippen molar-refractivity contribution >= 4 is 16.2 Å². The van der Waals surface area contributed by atoms with Crippen LogP contribution in [0.5, 0.6) is 0 Å². The Balaban J connectivity index is 2.36. The molecule has 1 aliphatic carbocycles. The van der Waals surface area contributed by atoms with Gasteiger partial charge in [-0.15, -0.1) is 4.28 Å². The van der Waals surface area contributed by atoms with Crippen LogP contribution in [-0.2, 0) is 19.1 Å². The molecular weight excluding hydrogens is 270 g/mol. The zero-order chi connectivity index (χ0) is 14.5. The predicted octanol–water partition coefficient (Wildman–Crippen LogP) is 2.35.